The Morgan fingerprint density at radius 2 is 1.69 bits per heavy atom. The van der Waals surface area contributed by atoms with Gasteiger partial charge in [0.1, 0.15) is 11.8 Å². The predicted octanol–water partition coefficient (Wildman–Crippen LogP) is 3.65. The molecule has 0 aliphatic carbocycles. The molecule has 1 N–H and O–H groups in total. The fraction of sp³-hybridized carbons (Fsp3) is 0.429. The summed E-state index contributed by atoms with van der Waals surface area (Å²) >= 11 is 0. The average molecular weight is 494 g/mol. The number of nitrogens with zero attached hydrogens (tertiary/aromatic N) is 2. The first-order valence-corrected chi connectivity index (χ1v) is 12.4. The molecule has 0 bridgehead atoms. The zero-order chi connectivity index (χ0) is 26.2. The van der Waals surface area contributed by atoms with Gasteiger partial charge in [-0.05, 0) is 48.6 Å². The monoisotopic (exact) mass is 493 g/mol. The fourth-order valence-electron chi connectivity index (χ4n) is 4.28. The largest absolute Gasteiger partial charge is 0.497 e. The van der Waals surface area contributed by atoms with Crippen molar-refractivity contribution in [1.29, 1.82) is 0 Å². The molecule has 36 heavy (non-hydrogen) atoms. The Morgan fingerprint density at radius 3 is 2.28 bits per heavy atom. The summed E-state index contributed by atoms with van der Waals surface area (Å²) in [5, 5.41) is 2.94. The SMILES string of the molecule is CC[C@H](C(=O)NCC(C)C)N(Cc1cccc(OC)c1)C(=O)CCCN1C(=O)c2ccccc2C1=O. The molecule has 1 aliphatic rings. The van der Waals surface area contributed by atoms with Crippen molar-refractivity contribution in [1.82, 2.24) is 15.1 Å². The number of carbonyl (C=O) groups is 4. The summed E-state index contributed by atoms with van der Waals surface area (Å²) in [5.74, 6) is -0.119. The van der Waals surface area contributed by atoms with E-state index < -0.39 is 6.04 Å². The Bertz CT molecular complexity index is 1080. The van der Waals surface area contributed by atoms with E-state index in [1.165, 1.54) is 4.90 Å². The first-order valence-electron chi connectivity index (χ1n) is 12.4. The Kier molecular flexibility index (Phi) is 9.22. The number of ether oxygens (including phenoxy) is 1. The van der Waals surface area contributed by atoms with E-state index >= 15 is 0 Å². The van der Waals surface area contributed by atoms with Crippen molar-refractivity contribution < 1.29 is 23.9 Å². The maximum atomic E-state index is 13.4. The minimum Gasteiger partial charge on any atom is -0.497 e. The zero-order valence-corrected chi connectivity index (χ0v) is 21.5. The van der Waals surface area contributed by atoms with Crippen molar-refractivity contribution in [3.63, 3.8) is 0 Å². The third kappa shape index (κ3) is 6.30. The van der Waals surface area contributed by atoms with Crippen LogP contribution in [0.3, 0.4) is 0 Å². The third-order valence-electron chi connectivity index (χ3n) is 6.21. The number of carbonyl (C=O) groups excluding carboxylic acids is 4. The van der Waals surface area contributed by atoms with Crippen LogP contribution in [0.5, 0.6) is 5.75 Å². The van der Waals surface area contributed by atoms with Crippen molar-refractivity contribution >= 4 is 23.6 Å². The van der Waals surface area contributed by atoms with Gasteiger partial charge in [0.2, 0.25) is 11.8 Å². The molecule has 192 valence electrons. The van der Waals surface area contributed by atoms with Crippen molar-refractivity contribution in [3.8, 4) is 5.75 Å². The lowest BCUT2D eigenvalue weighted by atomic mass is 10.1. The van der Waals surface area contributed by atoms with Crippen LogP contribution in [-0.4, -0.2) is 59.7 Å². The summed E-state index contributed by atoms with van der Waals surface area (Å²) in [6.07, 6.45) is 0.867. The summed E-state index contributed by atoms with van der Waals surface area (Å²) in [6.45, 7) is 6.82. The zero-order valence-electron chi connectivity index (χ0n) is 21.5. The van der Waals surface area contributed by atoms with E-state index in [4.69, 9.17) is 4.74 Å². The Labute approximate surface area is 212 Å². The fourth-order valence-corrected chi connectivity index (χ4v) is 4.28. The molecule has 0 saturated carbocycles. The highest BCUT2D eigenvalue weighted by Gasteiger charge is 2.35. The first kappa shape index (κ1) is 26.9. The molecule has 1 aliphatic heterocycles. The number of methoxy groups -OCH3 is 1. The van der Waals surface area contributed by atoms with Crippen LogP contribution in [0.1, 0.15) is 66.3 Å². The lowest BCUT2D eigenvalue weighted by Crippen LogP contribution is -2.49. The maximum absolute atomic E-state index is 13.4. The number of nitrogens with one attached hydrogen (secondary N) is 1. The number of fused-ring (bicyclic) bond motifs is 1. The standard InChI is InChI=1S/C28H35N3O5/c1-5-24(26(33)29-17-19(2)3)31(18-20-10-8-11-21(16-20)36-4)25(32)14-9-15-30-27(34)22-12-6-7-13-23(22)28(30)35/h6-8,10-13,16,19,24H,5,9,14-15,17-18H2,1-4H3,(H,29,33)/t24-/m1/s1. The van der Waals surface area contributed by atoms with E-state index in [-0.39, 0.29) is 49.1 Å². The van der Waals surface area contributed by atoms with E-state index in [1.54, 1.807) is 36.3 Å². The van der Waals surface area contributed by atoms with Crippen LogP contribution in [0, 0.1) is 5.92 Å². The molecule has 0 saturated heterocycles. The van der Waals surface area contributed by atoms with Crippen molar-refractivity contribution in [2.75, 3.05) is 20.2 Å². The molecule has 0 unspecified atom stereocenters. The second-order valence-corrected chi connectivity index (χ2v) is 9.35. The van der Waals surface area contributed by atoms with Crippen molar-refractivity contribution in [2.45, 2.75) is 52.6 Å². The van der Waals surface area contributed by atoms with Gasteiger partial charge in [-0.2, -0.15) is 0 Å². The molecular formula is C28H35N3O5. The first-order chi connectivity index (χ1) is 17.3. The quantitative estimate of drug-likeness (QED) is 0.456. The van der Waals surface area contributed by atoms with Gasteiger partial charge in [0.25, 0.3) is 11.8 Å². The van der Waals surface area contributed by atoms with Crippen LogP contribution in [0.2, 0.25) is 0 Å². The number of hydrogen-bond acceptors (Lipinski definition) is 5. The van der Waals surface area contributed by atoms with Crippen LogP contribution in [-0.2, 0) is 16.1 Å². The van der Waals surface area contributed by atoms with Crippen LogP contribution >= 0.6 is 0 Å². The smallest absolute Gasteiger partial charge is 0.261 e. The lowest BCUT2D eigenvalue weighted by Gasteiger charge is -2.31. The number of hydrogen-bond donors (Lipinski definition) is 1. The van der Waals surface area contributed by atoms with Crippen LogP contribution in [0.25, 0.3) is 0 Å². The van der Waals surface area contributed by atoms with Gasteiger partial charge < -0.3 is 15.0 Å². The second kappa shape index (κ2) is 12.3. The minimum absolute atomic E-state index is 0.103. The van der Waals surface area contributed by atoms with Gasteiger partial charge in [-0.1, -0.05) is 45.0 Å². The molecule has 8 heteroatoms. The third-order valence-corrected chi connectivity index (χ3v) is 6.21. The highest BCUT2D eigenvalue weighted by Crippen LogP contribution is 2.23. The molecule has 1 heterocycles. The normalized spacial score (nSPS) is 13.5. The molecule has 2 aromatic rings. The van der Waals surface area contributed by atoms with Gasteiger partial charge in [0.15, 0.2) is 0 Å². The van der Waals surface area contributed by atoms with Crippen LogP contribution in [0.4, 0.5) is 0 Å². The van der Waals surface area contributed by atoms with E-state index in [0.717, 1.165) is 5.56 Å². The molecule has 8 nitrogen and oxygen atoms in total. The number of rotatable bonds is 12. The molecule has 0 radical (unpaired) electrons. The second-order valence-electron chi connectivity index (χ2n) is 9.35. The minimum atomic E-state index is -0.637. The lowest BCUT2D eigenvalue weighted by molar-refractivity contribution is -0.141. The molecule has 0 aromatic heterocycles. The molecule has 0 spiro atoms. The Morgan fingerprint density at radius 1 is 1.03 bits per heavy atom. The summed E-state index contributed by atoms with van der Waals surface area (Å²) in [7, 11) is 1.58. The molecule has 0 fully saturated rings. The number of amides is 4. The van der Waals surface area contributed by atoms with Gasteiger partial charge in [0, 0.05) is 26.1 Å². The summed E-state index contributed by atoms with van der Waals surface area (Å²) in [5.41, 5.74) is 1.63. The molecule has 2 aromatic carbocycles. The topological polar surface area (TPSA) is 96.0 Å². The summed E-state index contributed by atoms with van der Waals surface area (Å²) in [6, 6.07) is 13.5. The van der Waals surface area contributed by atoms with Gasteiger partial charge >= 0.3 is 0 Å². The molecule has 1 atom stereocenters. The van der Waals surface area contributed by atoms with Gasteiger partial charge in [0.05, 0.1) is 18.2 Å². The van der Waals surface area contributed by atoms with Gasteiger partial charge in [-0.3, -0.25) is 24.1 Å². The van der Waals surface area contributed by atoms with E-state index in [0.29, 0.717) is 36.3 Å². The molecular weight excluding hydrogens is 458 g/mol. The van der Waals surface area contributed by atoms with Crippen molar-refractivity contribution in [3.05, 3.63) is 65.2 Å². The van der Waals surface area contributed by atoms with E-state index in [9.17, 15) is 19.2 Å². The Balaban J connectivity index is 1.72. The predicted molar refractivity (Wildman–Crippen MR) is 137 cm³/mol. The highest BCUT2D eigenvalue weighted by atomic mass is 16.5. The van der Waals surface area contributed by atoms with Crippen molar-refractivity contribution in [2.24, 2.45) is 5.92 Å². The van der Waals surface area contributed by atoms with Crippen LogP contribution in [0.15, 0.2) is 48.5 Å². The molecule has 3 rings (SSSR count). The molecule has 4 amide bonds. The summed E-state index contributed by atoms with van der Waals surface area (Å²) < 4.78 is 5.31. The van der Waals surface area contributed by atoms with E-state index in [1.807, 2.05) is 45.0 Å². The van der Waals surface area contributed by atoms with Crippen LogP contribution < -0.4 is 10.1 Å². The average Bonchev–Trinajstić information content (AvgIpc) is 3.12. The van der Waals surface area contributed by atoms with E-state index in [2.05, 4.69) is 5.32 Å². The summed E-state index contributed by atoms with van der Waals surface area (Å²) in [4.78, 5) is 54.5. The highest BCUT2D eigenvalue weighted by molar-refractivity contribution is 6.21. The number of benzene rings is 2. The van der Waals surface area contributed by atoms with Gasteiger partial charge in [-0.15, -0.1) is 0 Å². The van der Waals surface area contributed by atoms with Gasteiger partial charge in [-0.25, -0.2) is 0 Å². The maximum Gasteiger partial charge on any atom is 0.261 e. The number of imide groups is 1. The Hall–Kier alpha value is -3.68.